The second-order valence-electron chi connectivity index (χ2n) is 6.08. The van der Waals surface area contributed by atoms with Gasteiger partial charge in [0.1, 0.15) is 5.75 Å². The van der Waals surface area contributed by atoms with Gasteiger partial charge in [0.2, 0.25) is 5.91 Å². The molecule has 0 saturated heterocycles. The minimum atomic E-state index is -0.303. The zero-order chi connectivity index (χ0) is 19.9. The van der Waals surface area contributed by atoms with Crippen molar-refractivity contribution in [3.8, 4) is 5.75 Å². The highest BCUT2D eigenvalue weighted by atomic mass is 32.2. The van der Waals surface area contributed by atoms with Crippen molar-refractivity contribution in [1.82, 2.24) is 9.88 Å². The summed E-state index contributed by atoms with van der Waals surface area (Å²) in [5.74, 6) is 1.44. The van der Waals surface area contributed by atoms with E-state index in [1.165, 1.54) is 11.3 Å². The van der Waals surface area contributed by atoms with E-state index in [0.29, 0.717) is 43.4 Å². The van der Waals surface area contributed by atoms with E-state index in [1.54, 1.807) is 30.7 Å². The number of ether oxygens (including phenoxy) is 2. The number of carbonyl (C=O) groups is 2. The van der Waals surface area contributed by atoms with E-state index in [1.807, 2.05) is 24.3 Å². The van der Waals surface area contributed by atoms with E-state index in [0.717, 1.165) is 21.2 Å². The summed E-state index contributed by atoms with van der Waals surface area (Å²) < 4.78 is 10.2. The van der Waals surface area contributed by atoms with Crippen molar-refractivity contribution >= 4 is 40.2 Å². The number of anilines is 1. The fourth-order valence-corrected chi connectivity index (χ4v) is 4.63. The number of benzene rings is 1. The van der Waals surface area contributed by atoms with Crippen LogP contribution in [0, 0.1) is 0 Å². The molecule has 0 bridgehead atoms. The highest BCUT2D eigenvalue weighted by Gasteiger charge is 2.25. The Morgan fingerprint density at radius 3 is 2.82 bits per heavy atom. The van der Waals surface area contributed by atoms with Crippen LogP contribution in [0.4, 0.5) is 9.93 Å². The number of rotatable bonds is 7. The number of carbonyl (C=O) groups excluding carboxylic acids is 2. The minimum Gasteiger partial charge on any atom is -0.497 e. The van der Waals surface area contributed by atoms with Crippen LogP contribution in [-0.2, 0) is 22.5 Å². The molecule has 150 valence electrons. The third kappa shape index (κ3) is 5.39. The predicted molar refractivity (Wildman–Crippen MR) is 110 cm³/mol. The van der Waals surface area contributed by atoms with Crippen LogP contribution in [0.15, 0.2) is 29.2 Å². The molecule has 0 saturated carbocycles. The van der Waals surface area contributed by atoms with Gasteiger partial charge < -0.3 is 19.7 Å². The number of aromatic nitrogens is 1. The third-order valence-corrected chi connectivity index (χ3v) is 6.17. The first-order chi connectivity index (χ1) is 13.6. The largest absolute Gasteiger partial charge is 0.497 e. The van der Waals surface area contributed by atoms with Crippen LogP contribution in [0.3, 0.4) is 0 Å². The molecule has 28 heavy (non-hydrogen) atoms. The molecule has 7 nitrogen and oxygen atoms in total. The molecular formula is C19H23N3O4S2. The van der Waals surface area contributed by atoms with E-state index in [4.69, 9.17) is 9.47 Å². The Bertz CT molecular complexity index is 823. The molecular weight excluding hydrogens is 398 g/mol. The molecule has 1 aromatic heterocycles. The summed E-state index contributed by atoms with van der Waals surface area (Å²) in [7, 11) is 1.64. The topological polar surface area (TPSA) is 80.8 Å². The molecule has 1 aliphatic rings. The SMILES string of the molecule is CCOC(=O)N1CCc2nc(NC(=O)CCSc3ccc(OC)cc3)sc2C1. The van der Waals surface area contributed by atoms with E-state index < -0.39 is 0 Å². The van der Waals surface area contributed by atoms with Gasteiger partial charge in [0.05, 0.1) is 26.0 Å². The zero-order valence-corrected chi connectivity index (χ0v) is 17.5. The first-order valence-electron chi connectivity index (χ1n) is 9.06. The summed E-state index contributed by atoms with van der Waals surface area (Å²) in [5.41, 5.74) is 0.952. The summed E-state index contributed by atoms with van der Waals surface area (Å²) in [4.78, 5) is 32.4. The van der Waals surface area contributed by atoms with Crippen LogP contribution in [0.2, 0.25) is 0 Å². The molecule has 0 fully saturated rings. The van der Waals surface area contributed by atoms with Crippen molar-refractivity contribution in [1.29, 1.82) is 0 Å². The minimum absolute atomic E-state index is 0.0608. The molecule has 2 heterocycles. The van der Waals surface area contributed by atoms with E-state index in [2.05, 4.69) is 10.3 Å². The second kappa shape index (κ2) is 9.79. The lowest BCUT2D eigenvalue weighted by atomic mass is 10.2. The molecule has 1 aromatic carbocycles. The van der Waals surface area contributed by atoms with Gasteiger partial charge in [-0.05, 0) is 31.2 Å². The average molecular weight is 422 g/mol. The average Bonchev–Trinajstić information content (AvgIpc) is 3.10. The molecule has 1 aliphatic heterocycles. The first kappa shape index (κ1) is 20.5. The van der Waals surface area contributed by atoms with E-state index in [-0.39, 0.29) is 12.0 Å². The Hall–Kier alpha value is -2.26. The Balaban J connectivity index is 1.46. The highest BCUT2D eigenvalue weighted by molar-refractivity contribution is 7.99. The Morgan fingerprint density at radius 2 is 2.11 bits per heavy atom. The third-order valence-electron chi connectivity index (χ3n) is 4.16. The smallest absolute Gasteiger partial charge is 0.410 e. The molecule has 0 aliphatic carbocycles. The number of amides is 2. The van der Waals surface area contributed by atoms with Gasteiger partial charge in [0, 0.05) is 34.9 Å². The van der Waals surface area contributed by atoms with Gasteiger partial charge in [-0.25, -0.2) is 9.78 Å². The van der Waals surface area contributed by atoms with Gasteiger partial charge in [0.15, 0.2) is 5.13 Å². The number of fused-ring (bicyclic) bond motifs is 1. The quantitative estimate of drug-likeness (QED) is 0.685. The number of thiazole rings is 1. The maximum absolute atomic E-state index is 12.2. The van der Waals surface area contributed by atoms with Crippen molar-refractivity contribution < 1.29 is 19.1 Å². The summed E-state index contributed by atoms with van der Waals surface area (Å²) in [6, 6.07) is 7.77. The molecule has 0 unspecified atom stereocenters. The van der Waals surface area contributed by atoms with Gasteiger partial charge in [-0.1, -0.05) is 11.3 Å². The van der Waals surface area contributed by atoms with Crippen molar-refractivity contribution in [2.24, 2.45) is 0 Å². The molecule has 1 N–H and O–H groups in total. The zero-order valence-electron chi connectivity index (χ0n) is 15.9. The maximum Gasteiger partial charge on any atom is 0.410 e. The number of methoxy groups -OCH3 is 1. The Morgan fingerprint density at radius 1 is 1.32 bits per heavy atom. The fraction of sp³-hybridized carbons (Fsp3) is 0.421. The summed E-state index contributed by atoms with van der Waals surface area (Å²) in [5, 5.41) is 3.47. The van der Waals surface area contributed by atoms with Gasteiger partial charge in [-0.3, -0.25) is 4.79 Å². The van der Waals surface area contributed by atoms with Crippen LogP contribution in [0.5, 0.6) is 5.75 Å². The van der Waals surface area contributed by atoms with Gasteiger partial charge in [-0.2, -0.15) is 0 Å². The van der Waals surface area contributed by atoms with E-state index >= 15 is 0 Å². The Labute approximate surface area is 172 Å². The van der Waals surface area contributed by atoms with Crippen LogP contribution >= 0.6 is 23.1 Å². The summed E-state index contributed by atoms with van der Waals surface area (Å²) in [6.45, 7) is 3.22. The molecule has 2 amide bonds. The van der Waals surface area contributed by atoms with Crippen molar-refractivity contribution in [2.45, 2.75) is 31.2 Å². The highest BCUT2D eigenvalue weighted by Crippen LogP contribution is 2.29. The molecule has 0 atom stereocenters. The summed E-state index contributed by atoms with van der Waals surface area (Å²) >= 11 is 3.05. The van der Waals surface area contributed by atoms with Crippen molar-refractivity contribution in [2.75, 3.05) is 31.3 Å². The number of hydrogen-bond acceptors (Lipinski definition) is 7. The molecule has 3 rings (SSSR count). The van der Waals surface area contributed by atoms with Gasteiger partial charge in [0.25, 0.3) is 0 Å². The number of thioether (sulfide) groups is 1. The lowest BCUT2D eigenvalue weighted by molar-refractivity contribution is -0.115. The summed E-state index contributed by atoms with van der Waals surface area (Å²) in [6.07, 6.45) is 0.770. The maximum atomic E-state index is 12.2. The lowest BCUT2D eigenvalue weighted by Crippen LogP contribution is -2.35. The molecule has 0 spiro atoms. The normalized spacial score (nSPS) is 13.0. The fourth-order valence-electron chi connectivity index (χ4n) is 2.73. The van der Waals surface area contributed by atoms with Crippen LogP contribution < -0.4 is 10.1 Å². The monoisotopic (exact) mass is 421 g/mol. The Kier molecular flexibility index (Phi) is 7.16. The van der Waals surface area contributed by atoms with Crippen molar-refractivity contribution in [3.05, 3.63) is 34.8 Å². The number of nitrogens with zero attached hydrogens (tertiary/aromatic N) is 2. The van der Waals surface area contributed by atoms with Crippen LogP contribution in [0.25, 0.3) is 0 Å². The van der Waals surface area contributed by atoms with Gasteiger partial charge >= 0.3 is 6.09 Å². The second-order valence-corrected chi connectivity index (χ2v) is 8.33. The number of nitrogens with one attached hydrogen (secondary N) is 1. The predicted octanol–water partition coefficient (Wildman–Crippen LogP) is 3.79. The van der Waals surface area contributed by atoms with E-state index in [9.17, 15) is 9.59 Å². The molecule has 2 aromatic rings. The van der Waals surface area contributed by atoms with Crippen LogP contribution in [0.1, 0.15) is 23.9 Å². The molecule has 0 radical (unpaired) electrons. The first-order valence-corrected chi connectivity index (χ1v) is 10.9. The number of hydrogen-bond donors (Lipinski definition) is 1. The molecule has 9 heteroatoms. The lowest BCUT2D eigenvalue weighted by Gasteiger charge is -2.24. The standard InChI is InChI=1S/C19H23N3O4S2/c1-3-26-19(24)22-10-8-15-16(12-22)28-18(20-15)21-17(23)9-11-27-14-6-4-13(25-2)5-7-14/h4-7H,3,8-12H2,1-2H3,(H,20,21,23). The van der Waals surface area contributed by atoms with Gasteiger partial charge in [-0.15, -0.1) is 11.8 Å². The van der Waals surface area contributed by atoms with Crippen molar-refractivity contribution in [3.63, 3.8) is 0 Å². The van der Waals surface area contributed by atoms with Crippen LogP contribution in [-0.4, -0.2) is 47.9 Å².